The molecular formula is C17H15Cl2N7OS. The Kier molecular flexibility index (Phi) is 6.75. The number of nitrogen functional groups attached to an aromatic ring is 1. The number of nitrogens with two attached hydrogens (primary N) is 1. The molecule has 0 aliphatic heterocycles. The molecule has 1 aromatic heterocycles. The van der Waals surface area contributed by atoms with Crippen molar-refractivity contribution in [3.05, 3.63) is 64.1 Å². The van der Waals surface area contributed by atoms with Crippen LogP contribution in [0.15, 0.2) is 58.8 Å². The monoisotopic (exact) mass is 435 g/mol. The zero-order valence-corrected chi connectivity index (χ0v) is 16.7. The van der Waals surface area contributed by atoms with Crippen molar-refractivity contribution in [3.8, 4) is 0 Å². The van der Waals surface area contributed by atoms with E-state index in [0.29, 0.717) is 20.9 Å². The number of aromatic nitrogens is 3. The highest BCUT2D eigenvalue weighted by Gasteiger charge is 2.12. The fourth-order valence-electron chi connectivity index (χ4n) is 2.04. The van der Waals surface area contributed by atoms with Crippen LogP contribution in [0.3, 0.4) is 0 Å². The van der Waals surface area contributed by atoms with Gasteiger partial charge in [0.2, 0.25) is 11.1 Å². The molecule has 0 radical (unpaired) electrons. The first kappa shape index (κ1) is 20.0. The molecule has 3 aromatic rings. The van der Waals surface area contributed by atoms with E-state index in [1.807, 2.05) is 12.1 Å². The highest BCUT2D eigenvalue weighted by Crippen LogP contribution is 2.22. The molecule has 0 spiro atoms. The number of hydrazone groups is 1. The van der Waals surface area contributed by atoms with E-state index in [4.69, 9.17) is 29.0 Å². The van der Waals surface area contributed by atoms with Crippen LogP contribution < -0.4 is 16.6 Å². The van der Waals surface area contributed by atoms with Gasteiger partial charge in [0.05, 0.1) is 22.7 Å². The van der Waals surface area contributed by atoms with E-state index in [1.165, 1.54) is 4.68 Å². The molecule has 8 nitrogen and oxygen atoms in total. The average Bonchev–Trinajstić information content (AvgIpc) is 3.03. The summed E-state index contributed by atoms with van der Waals surface area (Å²) < 4.78 is 1.21. The Morgan fingerprint density at radius 1 is 1.18 bits per heavy atom. The number of nitrogens with zero attached hydrogens (tertiary/aromatic N) is 4. The van der Waals surface area contributed by atoms with Gasteiger partial charge in [-0.15, -0.1) is 10.2 Å². The van der Waals surface area contributed by atoms with Crippen LogP contribution in [0.4, 0.5) is 11.6 Å². The maximum atomic E-state index is 12.1. The second-order valence-electron chi connectivity index (χ2n) is 5.41. The number of halogens is 2. The van der Waals surface area contributed by atoms with E-state index < -0.39 is 0 Å². The molecule has 1 heterocycles. The topological polar surface area (TPSA) is 110 Å². The number of para-hydroxylation sites is 1. The second-order valence-corrected chi connectivity index (χ2v) is 7.20. The number of rotatable bonds is 7. The number of anilines is 2. The Bertz CT molecular complexity index is 991. The van der Waals surface area contributed by atoms with Crippen LogP contribution in [-0.4, -0.2) is 32.7 Å². The summed E-state index contributed by atoms with van der Waals surface area (Å²) in [6.07, 6.45) is 1.59. The van der Waals surface area contributed by atoms with Crippen LogP contribution in [0.1, 0.15) is 5.56 Å². The van der Waals surface area contributed by atoms with E-state index >= 15 is 0 Å². The number of amides is 1. The van der Waals surface area contributed by atoms with Gasteiger partial charge >= 0.3 is 0 Å². The minimum Gasteiger partial charge on any atom is -0.334 e. The summed E-state index contributed by atoms with van der Waals surface area (Å²) >= 11 is 13.0. The molecule has 2 aromatic carbocycles. The van der Waals surface area contributed by atoms with Crippen LogP contribution in [-0.2, 0) is 4.79 Å². The number of hydrogen-bond acceptors (Lipinski definition) is 7. The highest BCUT2D eigenvalue weighted by atomic mass is 35.5. The van der Waals surface area contributed by atoms with Crippen molar-refractivity contribution in [1.29, 1.82) is 0 Å². The third-order valence-corrected chi connectivity index (χ3v) is 4.92. The van der Waals surface area contributed by atoms with Crippen LogP contribution in [0.5, 0.6) is 0 Å². The van der Waals surface area contributed by atoms with Gasteiger partial charge in [-0.25, -0.2) is 10.1 Å². The number of carbonyl (C=O) groups is 1. The lowest BCUT2D eigenvalue weighted by Crippen LogP contribution is -2.17. The number of carbonyl (C=O) groups excluding carboxylic acids is 1. The summed E-state index contributed by atoms with van der Waals surface area (Å²) in [6.45, 7) is 0. The van der Waals surface area contributed by atoms with E-state index in [-0.39, 0.29) is 17.6 Å². The second kappa shape index (κ2) is 9.45. The predicted octanol–water partition coefficient (Wildman–Crippen LogP) is 3.48. The zero-order valence-electron chi connectivity index (χ0n) is 14.3. The first-order valence-electron chi connectivity index (χ1n) is 7.95. The smallest absolute Gasteiger partial charge is 0.264 e. The molecule has 0 aliphatic rings. The predicted molar refractivity (Wildman–Crippen MR) is 114 cm³/mol. The maximum Gasteiger partial charge on any atom is 0.264 e. The van der Waals surface area contributed by atoms with E-state index in [0.717, 1.165) is 17.3 Å². The van der Waals surface area contributed by atoms with Gasteiger partial charge < -0.3 is 11.2 Å². The summed E-state index contributed by atoms with van der Waals surface area (Å²) in [6, 6.07) is 14.1. The van der Waals surface area contributed by atoms with E-state index in [2.05, 4.69) is 26.0 Å². The van der Waals surface area contributed by atoms with Crippen molar-refractivity contribution < 1.29 is 4.79 Å². The fourth-order valence-corrected chi connectivity index (χ4v) is 3.01. The molecule has 0 unspecified atom stereocenters. The van der Waals surface area contributed by atoms with Crippen molar-refractivity contribution in [3.63, 3.8) is 0 Å². The maximum absolute atomic E-state index is 12.1. The summed E-state index contributed by atoms with van der Waals surface area (Å²) in [5, 5.41) is 16.1. The molecule has 0 fully saturated rings. The Hall–Kier alpha value is -2.75. The molecule has 144 valence electrons. The van der Waals surface area contributed by atoms with Gasteiger partial charge in [0.25, 0.3) is 5.95 Å². The van der Waals surface area contributed by atoms with Crippen molar-refractivity contribution in [2.24, 2.45) is 5.10 Å². The quantitative estimate of drug-likeness (QED) is 0.226. The van der Waals surface area contributed by atoms with Crippen molar-refractivity contribution >= 4 is 58.7 Å². The van der Waals surface area contributed by atoms with E-state index in [9.17, 15) is 4.79 Å². The summed E-state index contributed by atoms with van der Waals surface area (Å²) in [7, 11) is 0. The standard InChI is InChI=1S/C17H15Cl2N7OS/c18-12-7-5-11(6-8-12)9-21-23-16-24-25-17(26(16)20)28-10-15(27)22-14-4-2-1-3-13(14)19/h1-9H,10,20H2,(H,22,27)(H,23,24)/b21-9+. The first-order chi connectivity index (χ1) is 13.5. The molecular weight excluding hydrogens is 421 g/mol. The average molecular weight is 436 g/mol. The summed E-state index contributed by atoms with van der Waals surface area (Å²) in [5.41, 5.74) is 4.10. The largest absolute Gasteiger partial charge is 0.334 e. The van der Waals surface area contributed by atoms with Crippen molar-refractivity contribution in [2.45, 2.75) is 5.16 Å². The molecule has 3 rings (SSSR count). The molecule has 4 N–H and O–H groups in total. The first-order valence-corrected chi connectivity index (χ1v) is 9.69. The van der Waals surface area contributed by atoms with Gasteiger partial charge in [-0.2, -0.15) is 5.10 Å². The molecule has 0 bridgehead atoms. The number of thioether (sulfide) groups is 1. The van der Waals surface area contributed by atoms with Crippen LogP contribution >= 0.6 is 35.0 Å². The molecule has 28 heavy (non-hydrogen) atoms. The third-order valence-electron chi connectivity index (χ3n) is 3.39. The Labute approximate surface area is 175 Å². The number of benzene rings is 2. The molecule has 1 amide bonds. The Morgan fingerprint density at radius 2 is 1.93 bits per heavy atom. The van der Waals surface area contributed by atoms with Crippen LogP contribution in [0.2, 0.25) is 10.0 Å². The lowest BCUT2D eigenvalue weighted by atomic mass is 10.2. The van der Waals surface area contributed by atoms with Crippen LogP contribution in [0.25, 0.3) is 0 Å². The van der Waals surface area contributed by atoms with E-state index in [1.54, 1.807) is 42.6 Å². The van der Waals surface area contributed by atoms with Crippen molar-refractivity contribution in [2.75, 3.05) is 22.3 Å². The summed E-state index contributed by atoms with van der Waals surface area (Å²) in [4.78, 5) is 12.1. The Morgan fingerprint density at radius 3 is 2.68 bits per heavy atom. The van der Waals surface area contributed by atoms with Gasteiger partial charge in [-0.3, -0.25) is 4.79 Å². The number of nitrogens with one attached hydrogen (secondary N) is 2. The number of hydrogen-bond donors (Lipinski definition) is 3. The highest BCUT2D eigenvalue weighted by molar-refractivity contribution is 7.99. The van der Waals surface area contributed by atoms with Gasteiger partial charge in [-0.05, 0) is 29.8 Å². The fraction of sp³-hybridized carbons (Fsp3) is 0.0588. The molecule has 0 atom stereocenters. The van der Waals surface area contributed by atoms with Gasteiger partial charge in [0.15, 0.2) is 0 Å². The van der Waals surface area contributed by atoms with Crippen molar-refractivity contribution in [1.82, 2.24) is 14.9 Å². The Balaban J connectivity index is 1.53. The lowest BCUT2D eigenvalue weighted by molar-refractivity contribution is -0.113. The van der Waals surface area contributed by atoms with Gasteiger partial charge in [0.1, 0.15) is 0 Å². The third kappa shape index (κ3) is 5.38. The van der Waals surface area contributed by atoms with Gasteiger partial charge in [0, 0.05) is 5.02 Å². The molecule has 0 saturated heterocycles. The minimum absolute atomic E-state index is 0.0919. The SMILES string of the molecule is Nn1c(N/N=C/c2ccc(Cl)cc2)nnc1SCC(=O)Nc1ccccc1Cl. The zero-order chi connectivity index (χ0) is 19.9. The minimum atomic E-state index is -0.239. The summed E-state index contributed by atoms with van der Waals surface area (Å²) in [5.74, 6) is 6.02. The van der Waals surface area contributed by atoms with Gasteiger partial charge in [-0.1, -0.05) is 59.2 Å². The molecule has 11 heteroatoms. The normalized spacial score (nSPS) is 10.9. The molecule has 0 aliphatic carbocycles. The lowest BCUT2D eigenvalue weighted by Gasteiger charge is -2.06. The molecule has 0 saturated carbocycles. The van der Waals surface area contributed by atoms with Crippen LogP contribution in [0, 0.1) is 0 Å².